The third kappa shape index (κ3) is 3.40. The number of para-hydroxylation sites is 2. The number of nitrogens with zero attached hydrogens (tertiary/aromatic N) is 2. The van der Waals surface area contributed by atoms with E-state index in [0.717, 1.165) is 17.1 Å². The van der Waals surface area contributed by atoms with Gasteiger partial charge in [-0.15, -0.1) is 0 Å². The summed E-state index contributed by atoms with van der Waals surface area (Å²) in [5.41, 5.74) is 1.79. The van der Waals surface area contributed by atoms with Crippen molar-refractivity contribution < 1.29 is 18.3 Å². The Hall–Kier alpha value is -2.71. The van der Waals surface area contributed by atoms with E-state index in [1.165, 1.54) is 18.5 Å². The molecule has 0 unspecified atom stereocenters. The lowest BCUT2D eigenvalue weighted by molar-refractivity contribution is 0.0696. The predicted molar refractivity (Wildman–Crippen MR) is 93.5 cm³/mol. The molecule has 0 radical (unpaired) electrons. The van der Waals surface area contributed by atoms with Crippen molar-refractivity contribution in [3.63, 3.8) is 0 Å². The normalized spacial score (nSPS) is 12.0. The number of sulfonamides is 1. The summed E-state index contributed by atoms with van der Waals surface area (Å²) in [7, 11) is -3.83. The van der Waals surface area contributed by atoms with Crippen molar-refractivity contribution >= 4 is 27.0 Å². The van der Waals surface area contributed by atoms with Gasteiger partial charge >= 0.3 is 5.97 Å². The van der Waals surface area contributed by atoms with Gasteiger partial charge in [-0.05, 0) is 44.2 Å². The largest absolute Gasteiger partial charge is 0.478 e. The molecule has 2 aromatic carbocycles. The summed E-state index contributed by atoms with van der Waals surface area (Å²) in [4.78, 5) is 15.6. The Kier molecular flexibility index (Phi) is 4.32. The van der Waals surface area contributed by atoms with E-state index in [2.05, 4.69) is 9.71 Å². The van der Waals surface area contributed by atoms with Gasteiger partial charge in [0.05, 0.1) is 21.5 Å². The molecule has 3 aromatic rings. The van der Waals surface area contributed by atoms with Crippen LogP contribution >= 0.6 is 0 Å². The number of aromatic nitrogens is 2. The Morgan fingerprint density at radius 1 is 1.20 bits per heavy atom. The lowest BCUT2D eigenvalue weighted by Gasteiger charge is -2.13. The molecule has 0 amide bonds. The molecule has 0 aliphatic heterocycles. The molecule has 130 valence electrons. The molecule has 2 N–H and O–H groups in total. The molecule has 1 aromatic heterocycles. The van der Waals surface area contributed by atoms with Gasteiger partial charge in [0, 0.05) is 11.7 Å². The Labute approximate surface area is 145 Å². The Morgan fingerprint density at radius 2 is 1.92 bits per heavy atom. The van der Waals surface area contributed by atoms with Crippen LogP contribution in [0.15, 0.2) is 53.7 Å². The molecule has 0 bridgehead atoms. The lowest BCUT2D eigenvalue weighted by atomic mass is 10.2. The predicted octanol–water partition coefficient (Wildman–Crippen LogP) is 2.41. The molecule has 0 saturated carbocycles. The topological polar surface area (TPSA) is 101 Å². The number of benzene rings is 2. The first kappa shape index (κ1) is 17.1. The molecule has 7 nitrogen and oxygen atoms in total. The van der Waals surface area contributed by atoms with Crippen LogP contribution in [0.2, 0.25) is 0 Å². The first-order chi connectivity index (χ1) is 11.8. The van der Waals surface area contributed by atoms with Crippen LogP contribution in [0, 0.1) is 0 Å². The second-order valence-electron chi connectivity index (χ2n) is 5.90. The zero-order valence-electron chi connectivity index (χ0n) is 13.7. The highest BCUT2D eigenvalue weighted by Gasteiger charge is 2.20. The molecule has 0 fully saturated rings. The van der Waals surface area contributed by atoms with E-state index in [4.69, 9.17) is 0 Å². The van der Waals surface area contributed by atoms with Gasteiger partial charge in [0.25, 0.3) is 0 Å². The molecular formula is C17H17N3O4S. The van der Waals surface area contributed by atoms with Crippen LogP contribution in [0.1, 0.15) is 24.2 Å². The fourth-order valence-electron chi connectivity index (χ4n) is 2.54. The summed E-state index contributed by atoms with van der Waals surface area (Å²) >= 11 is 0. The number of fused-ring (bicyclic) bond motifs is 1. The highest BCUT2D eigenvalue weighted by atomic mass is 32.2. The van der Waals surface area contributed by atoms with Crippen molar-refractivity contribution in [2.45, 2.75) is 24.8 Å². The maximum absolute atomic E-state index is 12.5. The van der Waals surface area contributed by atoms with Gasteiger partial charge in [-0.3, -0.25) is 4.57 Å². The van der Waals surface area contributed by atoms with Gasteiger partial charge in [-0.25, -0.2) is 22.9 Å². The van der Waals surface area contributed by atoms with Gasteiger partial charge in [0.1, 0.15) is 6.33 Å². The van der Waals surface area contributed by atoms with Gasteiger partial charge in [0.15, 0.2) is 0 Å². The standard InChI is InChI=1S/C17H17N3O4S/c1-11(2)19-25(23,24)14-8-12(17(21)22)7-13(9-14)20-10-18-15-5-3-4-6-16(15)20/h3-11,19H,1-2H3,(H,21,22). The molecule has 1 heterocycles. The molecular weight excluding hydrogens is 342 g/mol. The summed E-state index contributed by atoms with van der Waals surface area (Å²) in [6.07, 6.45) is 1.54. The minimum atomic E-state index is -3.83. The van der Waals surface area contributed by atoms with Crippen LogP contribution < -0.4 is 4.72 Å². The van der Waals surface area contributed by atoms with Crippen molar-refractivity contribution in [1.29, 1.82) is 0 Å². The second kappa shape index (κ2) is 6.30. The maximum Gasteiger partial charge on any atom is 0.335 e. The van der Waals surface area contributed by atoms with Crippen LogP contribution in [0.4, 0.5) is 0 Å². The molecule has 0 aliphatic carbocycles. The van der Waals surface area contributed by atoms with E-state index < -0.39 is 16.0 Å². The van der Waals surface area contributed by atoms with Gasteiger partial charge < -0.3 is 5.11 Å². The SMILES string of the molecule is CC(C)NS(=O)(=O)c1cc(C(=O)O)cc(-n2cnc3ccccc32)c1. The highest BCUT2D eigenvalue weighted by Crippen LogP contribution is 2.23. The third-order valence-corrected chi connectivity index (χ3v) is 5.21. The fraction of sp³-hybridized carbons (Fsp3) is 0.176. The first-order valence-corrected chi connectivity index (χ1v) is 9.09. The molecule has 0 atom stereocenters. The average Bonchev–Trinajstić information content (AvgIpc) is 2.97. The molecule has 0 saturated heterocycles. The smallest absolute Gasteiger partial charge is 0.335 e. The zero-order valence-corrected chi connectivity index (χ0v) is 14.5. The van der Waals surface area contributed by atoms with Crippen molar-refractivity contribution in [2.24, 2.45) is 0 Å². The summed E-state index contributed by atoms with van der Waals surface area (Å²) in [5.74, 6) is -1.20. The van der Waals surface area contributed by atoms with E-state index in [1.54, 1.807) is 18.4 Å². The summed E-state index contributed by atoms with van der Waals surface area (Å²) in [6.45, 7) is 3.39. The zero-order chi connectivity index (χ0) is 18.2. The number of carboxylic acids is 1. The van der Waals surface area contributed by atoms with Gasteiger partial charge in [-0.2, -0.15) is 0 Å². The van der Waals surface area contributed by atoms with Gasteiger partial charge in [0.2, 0.25) is 10.0 Å². The average molecular weight is 359 g/mol. The molecule has 8 heteroatoms. The minimum absolute atomic E-state index is 0.103. The Bertz CT molecular complexity index is 1050. The summed E-state index contributed by atoms with van der Waals surface area (Å²) < 4.78 is 29.1. The number of carboxylic acid groups (broad SMARTS) is 1. The Balaban J connectivity index is 2.22. The molecule has 0 aliphatic rings. The lowest BCUT2D eigenvalue weighted by Crippen LogP contribution is -2.30. The third-order valence-electron chi connectivity index (χ3n) is 3.57. The minimum Gasteiger partial charge on any atom is -0.478 e. The number of carbonyl (C=O) groups is 1. The van der Waals surface area contributed by atoms with Crippen molar-refractivity contribution in [1.82, 2.24) is 14.3 Å². The van der Waals surface area contributed by atoms with Crippen LogP contribution in [-0.2, 0) is 10.0 Å². The van der Waals surface area contributed by atoms with Crippen molar-refractivity contribution in [2.75, 3.05) is 0 Å². The molecule has 25 heavy (non-hydrogen) atoms. The number of aromatic carboxylic acids is 1. The quantitative estimate of drug-likeness (QED) is 0.728. The number of hydrogen-bond donors (Lipinski definition) is 2. The van der Waals surface area contributed by atoms with E-state index in [9.17, 15) is 18.3 Å². The summed E-state index contributed by atoms with van der Waals surface area (Å²) in [5, 5.41) is 9.35. The monoisotopic (exact) mass is 359 g/mol. The Morgan fingerprint density at radius 3 is 2.60 bits per heavy atom. The second-order valence-corrected chi connectivity index (χ2v) is 7.61. The molecule has 3 rings (SSSR count). The maximum atomic E-state index is 12.5. The van der Waals surface area contributed by atoms with Crippen LogP contribution in [0.5, 0.6) is 0 Å². The fourth-order valence-corrected chi connectivity index (χ4v) is 3.86. The number of imidazole rings is 1. The number of nitrogens with one attached hydrogen (secondary N) is 1. The van der Waals surface area contributed by atoms with E-state index in [1.807, 2.05) is 24.3 Å². The first-order valence-electron chi connectivity index (χ1n) is 7.61. The molecule has 0 spiro atoms. The number of hydrogen-bond acceptors (Lipinski definition) is 4. The highest BCUT2D eigenvalue weighted by molar-refractivity contribution is 7.89. The van der Waals surface area contributed by atoms with Crippen LogP contribution in [0.3, 0.4) is 0 Å². The van der Waals surface area contributed by atoms with Crippen LogP contribution in [0.25, 0.3) is 16.7 Å². The van der Waals surface area contributed by atoms with Gasteiger partial charge in [-0.1, -0.05) is 12.1 Å². The van der Waals surface area contributed by atoms with Crippen LogP contribution in [-0.4, -0.2) is 35.1 Å². The van der Waals surface area contributed by atoms with E-state index >= 15 is 0 Å². The van der Waals surface area contributed by atoms with Crippen molar-refractivity contribution in [3.05, 3.63) is 54.4 Å². The summed E-state index contributed by atoms with van der Waals surface area (Å²) in [6, 6.07) is 11.0. The van der Waals surface area contributed by atoms with E-state index in [0.29, 0.717) is 5.69 Å². The van der Waals surface area contributed by atoms with Crippen molar-refractivity contribution in [3.8, 4) is 5.69 Å². The van der Waals surface area contributed by atoms with E-state index in [-0.39, 0.29) is 16.5 Å². The number of rotatable bonds is 5.